The molecule has 2 saturated heterocycles. The normalized spacial score (nSPS) is 19.1. The molecule has 192 valence electrons. The van der Waals surface area contributed by atoms with E-state index in [1.165, 1.54) is 0 Å². The first-order valence-electron chi connectivity index (χ1n) is 12.5. The molecule has 4 heterocycles. The summed E-state index contributed by atoms with van der Waals surface area (Å²) in [7, 11) is 0. The van der Waals surface area contributed by atoms with Crippen molar-refractivity contribution < 1.29 is 4.39 Å². The van der Waals surface area contributed by atoms with Crippen LogP contribution in [-0.4, -0.2) is 81.8 Å². The third kappa shape index (κ3) is 5.88. The van der Waals surface area contributed by atoms with Crippen LogP contribution in [0.4, 0.5) is 27.8 Å². The lowest BCUT2D eigenvalue weighted by Gasteiger charge is -2.35. The minimum Gasteiger partial charge on any atom is -0.354 e. The minimum absolute atomic E-state index is 0.165. The van der Waals surface area contributed by atoms with Crippen molar-refractivity contribution in [1.29, 1.82) is 0 Å². The highest BCUT2D eigenvalue weighted by Crippen LogP contribution is 2.25. The monoisotopic (exact) mass is 513 g/mol. The van der Waals surface area contributed by atoms with Crippen molar-refractivity contribution in [2.45, 2.75) is 32.9 Å². The Morgan fingerprint density at radius 3 is 2.67 bits per heavy atom. The van der Waals surface area contributed by atoms with Crippen LogP contribution < -0.4 is 15.5 Å². The maximum atomic E-state index is 14.4. The zero-order valence-corrected chi connectivity index (χ0v) is 21.5. The van der Waals surface area contributed by atoms with Crippen molar-refractivity contribution in [3.8, 4) is 0 Å². The zero-order valence-electron chi connectivity index (χ0n) is 20.8. The average Bonchev–Trinajstić information content (AvgIpc) is 3.50. The standard InChI is InChI=1S/C25H33ClFN9/c1-3-34-9-11-36(12-10-34)23-14-21(29-22-13-17(2)32-33-22)30-25(31-23)28-19-7-8-35(16-19)15-18-5-4-6-20(26)24(18)27/h4-6,13-14,19H,3,7-12,15-16H2,1-2H3,(H3,28,29,30,31,32,33)/t19-/m0/s1. The summed E-state index contributed by atoms with van der Waals surface area (Å²) in [5, 5.41) is 14.2. The molecule has 0 radical (unpaired) electrons. The number of piperazine rings is 1. The van der Waals surface area contributed by atoms with E-state index in [1.807, 2.05) is 19.1 Å². The lowest BCUT2D eigenvalue weighted by molar-refractivity contribution is 0.270. The summed E-state index contributed by atoms with van der Waals surface area (Å²) in [6.45, 7) is 11.3. The van der Waals surface area contributed by atoms with Crippen LogP contribution in [-0.2, 0) is 6.54 Å². The molecular weight excluding hydrogens is 481 g/mol. The van der Waals surface area contributed by atoms with Crippen molar-refractivity contribution in [3.63, 3.8) is 0 Å². The van der Waals surface area contributed by atoms with Crippen LogP contribution in [0.3, 0.4) is 0 Å². The number of halogens is 2. The predicted molar refractivity (Wildman–Crippen MR) is 142 cm³/mol. The summed E-state index contributed by atoms with van der Waals surface area (Å²) in [6.07, 6.45) is 0.923. The molecule has 0 aliphatic carbocycles. The largest absolute Gasteiger partial charge is 0.354 e. The summed E-state index contributed by atoms with van der Waals surface area (Å²) in [6, 6.07) is 9.26. The number of aromatic amines is 1. The molecule has 2 aliphatic rings. The number of likely N-dealkylation sites (N-methyl/N-ethyl adjacent to an activating group) is 1. The second kappa shape index (κ2) is 11.0. The van der Waals surface area contributed by atoms with E-state index < -0.39 is 0 Å². The van der Waals surface area contributed by atoms with Crippen LogP contribution in [0.1, 0.15) is 24.6 Å². The van der Waals surface area contributed by atoms with E-state index in [0.29, 0.717) is 23.9 Å². The Morgan fingerprint density at radius 1 is 1.08 bits per heavy atom. The number of H-pyrrole nitrogens is 1. The Kier molecular flexibility index (Phi) is 7.54. The van der Waals surface area contributed by atoms with Gasteiger partial charge in [-0.25, -0.2) is 4.39 Å². The second-order valence-corrected chi connectivity index (χ2v) is 9.90. The first-order valence-corrected chi connectivity index (χ1v) is 12.9. The van der Waals surface area contributed by atoms with Gasteiger partial charge in [0.1, 0.15) is 17.5 Å². The molecule has 0 unspecified atom stereocenters. The topological polar surface area (TPSA) is 88.2 Å². The molecule has 0 spiro atoms. The first-order chi connectivity index (χ1) is 17.5. The smallest absolute Gasteiger partial charge is 0.226 e. The quantitative estimate of drug-likeness (QED) is 0.418. The Balaban J connectivity index is 1.29. The summed E-state index contributed by atoms with van der Waals surface area (Å²) >= 11 is 5.96. The number of hydrogen-bond acceptors (Lipinski definition) is 8. The van der Waals surface area contributed by atoms with Gasteiger partial charge < -0.3 is 20.4 Å². The van der Waals surface area contributed by atoms with E-state index in [2.05, 4.69) is 42.5 Å². The second-order valence-electron chi connectivity index (χ2n) is 9.50. The lowest BCUT2D eigenvalue weighted by atomic mass is 10.2. The van der Waals surface area contributed by atoms with E-state index in [4.69, 9.17) is 21.6 Å². The number of likely N-dealkylation sites (tertiary alicyclic amines) is 1. The molecule has 9 nitrogen and oxygen atoms in total. The molecule has 3 aromatic rings. The van der Waals surface area contributed by atoms with Crippen LogP contribution in [0, 0.1) is 12.7 Å². The molecule has 1 aromatic carbocycles. The highest BCUT2D eigenvalue weighted by atomic mass is 35.5. The Labute approximate surface area is 216 Å². The van der Waals surface area contributed by atoms with Gasteiger partial charge in [-0.1, -0.05) is 30.7 Å². The van der Waals surface area contributed by atoms with E-state index in [0.717, 1.165) is 69.6 Å². The molecule has 5 rings (SSSR count). The number of benzene rings is 1. The Hall–Kier alpha value is -2.95. The third-order valence-electron chi connectivity index (χ3n) is 6.85. The molecule has 3 N–H and O–H groups in total. The van der Waals surface area contributed by atoms with Crippen LogP contribution in [0.15, 0.2) is 30.3 Å². The van der Waals surface area contributed by atoms with Gasteiger partial charge in [-0.2, -0.15) is 15.1 Å². The summed E-state index contributed by atoms with van der Waals surface area (Å²) < 4.78 is 14.4. The summed E-state index contributed by atoms with van der Waals surface area (Å²) in [4.78, 5) is 16.6. The number of hydrogen-bond donors (Lipinski definition) is 3. The third-order valence-corrected chi connectivity index (χ3v) is 7.14. The number of aryl methyl sites for hydroxylation is 1. The van der Waals surface area contributed by atoms with Crippen LogP contribution in [0.2, 0.25) is 5.02 Å². The fourth-order valence-corrected chi connectivity index (χ4v) is 5.01. The van der Waals surface area contributed by atoms with Gasteiger partial charge in [0.15, 0.2) is 5.82 Å². The van der Waals surface area contributed by atoms with Gasteiger partial charge in [-0.15, -0.1) is 0 Å². The highest BCUT2D eigenvalue weighted by Gasteiger charge is 2.25. The summed E-state index contributed by atoms with van der Waals surface area (Å²) in [5.74, 6) is 2.56. The molecule has 2 fully saturated rings. The van der Waals surface area contributed by atoms with Crippen LogP contribution in [0.25, 0.3) is 0 Å². The lowest BCUT2D eigenvalue weighted by Crippen LogP contribution is -2.46. The van der Waals surface area contributed by atoms with Crippen LogP contribution >= 0.6 is 11.6 Å². The molecule has 11 heteroatoms. The first kappa shape index (κ1) is 24.7. The summed E-state index contributed by atoms with van der Waals surface area (Å²) in [5.41, 5.74) is 1.59. The predicted octanol–water partition coefficient (Wildman–Crippen LogP) is 3.87. The van der Waals surface area contributed by atoms with Crippen molar-refractivity contribution in [1.82, 2.24) is 30.0 Å². The van der Waals surface area contributed by atoms with E-state index >= 15 is 0 Å². The molecule has 0 bridgehead atoms. The van der Waals surface area contributed by atoms with Crippen molar-refractivity contribution in [3.05, 3.63) is 52.4 Å². The zero-order chi connectivity index (χ0) is 25.1. The molecule has 0 amide bonds. The fraction of sp³-hybridized carbons (Fsp3) is 0.480. The van der Waals surface area contributed by atoms with E-state index in [-0.39, 0.29) is 16.9 Å². The molecule has 2 aliphatic heterocycles. The molecule has 0 saturated carbocycles. The minimum atomic E-state index is -0.334. The Morgan fingerprint density at radius 2 is 1.92 bits per heavy atom. The van der Waals surface area contributed by atoms with Crippen LogP contribution in [0.5, 0.6) is 0 Å². The van der Waals surface area contributed by atoms with Gasteiger partial charge in [0.25, 0.3) is 0 Å². The molecule has 1 atom stereocenters. The van der Waals surface area contributed by atoms with Crippen molar-refractivity contribution in [2.24, 2.45) is 0 Å². The van der Waals surface area contributed by atoms with Crippen molar-refractivity contribution in [2.75, 3.05) is 61.3 Å². The number of aromatic nitrogens is 4. The number of nitrogens with zero attached hydrogens (tertiary/aromatic N) is 6. The van der Waals surface area contributed by atoms with Gasteiger partial charge in [0.05, 0.1) is 5.02 Å². The van der Waals surface area contributed by atoms with Gasteiger partial charge >= 0.3 is 0 Å². The van der Waals surface area contributed by atoms with Gasteiger partial charge in [-0.3, -0.25) is 10.00 Å². The van der Waals surface area contributed by atoms with Gasteiger partial charge in [-0.05, 0) is 26.0 Å². The number of nitrogens with one attached hydrogen (secondary N) is 3. The maximum absolute atomic E-state index is 14.4. The average molecular weight is 514 g/mol. The SMILES string of the molecule is CCN1CCN(c2cc(Nc3cc(C)[nH]n3)nc(N[C@H]3CCN(Cc4cccc(Cl)c4F)C3)n2)CC1. The molecular formula is C25H33ClFN9. The van der Waals surface area contributed by atoms with E-state index in [9.17, 15) is 4.39 Å². The van der Waals surface area contributed by atoms with Crippen molar-refractivity contribution >= 4 is 35.0 Å². The highest BCUT2D eigenvalue weighted by molar-refractivity contribution is 6.30. The number of anilines is 4. The van der Waals surface area contributed by atoms with E-state index in [1.54, 1.807) is 18.2 Å². The Bertz CT molecular complexity index is 1180. The fourth-order valence-electron chi connectivity index (χ4n) is 4.82. The number of rotatable bonds is 8. The van der Waals surface area contributed by atoms with Gasteiger partial charge in [0.2, 0.25) is 5.95 Å². The maximum Gasteiger partial charge on any atom is 0.226 e. The molecule has 36 heavy (non-hydrogen) atoms. The van der Waals surface area contributed by atoms with Gasteiger partial charge in [0, 0.05) is 75.2 Å². The molecule has 2 aromatic heterocycles.